The molecule has 6 nitrogen and oxygen atoms in total. The molecule has 0 aliphatic carbocycles. The Morgan fingerprint density at radius 3 is 3.16 bits per heavy atom. The SMILES string of the molecule is COCCc1cc(N2CCCC(C(=O)O)C2)ncn1. The van der Waals surface area contributed by atoms with Crippen LogP contribution in [0.2, 0.25) is 0 Å². The van der Waals surface area contributed by atoms with E-state index >= 15 is 0 Å². The highest BCUT2D eigenvalue weighted by Crippen LogP contribution is 2.21. The van der Waals surface area contributed by atoms with Crippen LogP contribution in [0.25, 0.3) is 0 Å². The molecule has 1 fully saturated rings. The Bertz CT molecular complexity index is 439. The number of aliphatic carboxylic acids is 1. The molecule has 0 saturated carbocycles. The summed E-state index contributed by atoms with van der Waals surface area (Å²) < 4.78 is 5.03. The third-order valence-electron chi connectivity index (χ3n) is 3.37. The van der Waals surface area contributed by atoms with E-state index < -0.39 is 5.97 Å². The van der Waals surface area contributed by atoms with Gasteiger partial charge in [0, 0.05) is 38.4 Å². The van der Waals surface area contributed by atoms with Gasteiger partial charge < -0.3 is 14.7 Å². The van der Waals surface area contributed by atoms with Gasteiger partial charge in [-0.1, -0.05) is 0 Å². The minimum absolute atomic E-state index is 0.300. The second kappa shape index (κ2) is 6.47. The number of carboxylic acids is 1. The van der Waals surface area contributed by atoms with Crippen molar-refractivity contribution < 1.29 is 14.6 Å². The number of nitrogens with zero attached hydrogens (tertiary/aromatic N) is 3. The predicted octanol–water partition coefficient (Wildman–Crippen LogP) is 0.966. The second-order valence-electron chi connectivity index (χ2n) is 4.73. The number of carboxylic acid groups (broad SMARTS) is 1. The molecule has 0 spiro atoms. The van der Waals surface area contributed by atoms with E-state index in [4.69, 9.17) is 9.84 Å². The Kier molecular flexibility index (Phi) is 4.68. The van der Waals surface area contributed by atoms with E-state index in [0.717, 1.165) is 37.3 Å². The largest absolute Gasteiger partial charge is 0.481 e. The zero-order valence-electron chi connectivity index (χ0n) is 11.1. The van der Waals surface area contributed by atoms with Crippen molar-refractivity contribution in [2.45, 2.75) is 19.3 Å². The number of methoxy groups -OCH3 is 1. The first-order valence-corrected chi connectivity index (χ1v) is 6.48. The van der Waals surface area contributed by atoms with E-state index in [1.54, 1.807) is 7.11 Å². The van der Waals surface area contributed by atoms with E-state index in [1.807, 2.05) is 11.0 Å². The molecular formula is C13H19N3O3. The summed E-state index contributed by atoms with van der Waals surface area (Å²) in [5.41, 5.74) is 0.921. The van der Waals surface area contributed by atoms with Gasteiger partial charge in [0.2, 0.25) is 0 Å². The average molecular weight is 265 g/mol. The van der Waals surface area contributed by atoms with Crippen LogP contribution in [0, 0.1) is 5.92 Å². The normalized spacial score (nSPS) is 19.4. The van der Waals surface area contributed by atoms with Gasteiger partial charge in [0.15, 0.2) is 0 Å². The molecule has 19 heavy (non-hydrogen) atoms. The molecule has 1 N–H and O–H groups in total. The summed E-state index contributed by atoms with van der Waals surface area (Å²) in [6.45, 7) is 1.99. The smallest absolute Gasteiger partial charge is 0.308 e. The van der Waals surface area contributed by atoms with Crippen LogP contribution >= 0.6 is 0 Å². The van der Waals surface area contributed by atoms with Crippen LogP contribution < -0.4 is 4.90 Å². The van der Waals surface area contributed by atoms with Gasteiger partial charge in [-0.15, -0.1) is 0 Å². The van der Waals surface area contributed by atoms with Crippen molar-refractivity contribution in [1.82, 2.24) is 9.97 Å². The molecule has 1 aromatic rings. The molecule has 2 heterocycles. The van der Waals surface area contributed by atoms with E-state index in [9.17, 15) is 4.79 Å². The van der Waals surface area contributed by atoms with Crippen molar-refractivity contribution >= 4 is 11.8 Å². The van der Waals surface area contributed by atoms with Crippen molar-refractivity contribution in [1.29, 1.82) is 0 Å². The fourth-order valence-corrected chi connectivity index (χ4v) is 2.29. The van der Waals surface area contributed by atoms with Crippen LogP contribution in [0.3, 0.4) is 0 Å². The number of carbonyl (C=O) groups is 1. The summed E-state index contributed by atoms with van der Waals surface area (Å²) >= 11 is 0. The van der Waals surface area contributed by atoms with Crippen molar-refractivity contribution in [3.05, 3.63) is 18.1 Å². The van der Waals surface area contributed by atoms with Gasteiger partial charge in [0.05, 0.1) is 12.5 Å². The second-order valence-corrected chi connectivity index (χ2v) is 4.73. The fourth-order valence-electron chi connectivity index (χ4n) is 2.29. The van der Waals surface area contributed by atoms with Gasteiger partial charge in [-0.05, 0) is 12.8 Å². The lowest BCUT2D eigenvalue weighted by molar-refractivity contribution is -0.141. The monoisotopic (exact) mass is 265 g/mol. The molecule has 0 radical (unpaired) electrons. The van der Waals surface area contributed by atoms with Crippen LogP contribution in [-0.4, -0.2) is 47.8 Å². The Balaban J connectivity index is 2.06. The fraction of sp³-hybridized carbons (Fsp3) is 0.615. The zero-order chi connectivity index (χ0) is 13.7. The highest BCUT2D eigenvalue weighted by atomic mass is 16.5. The van der Waals surface area contributed by atoms with Crippen molar-refractivity contribution in [3.63, 3.8) is 0 Å². The number of rotatable bonds is 5. The van der Waals surface area contributed by atoms with Crippen LogP contribution in [0.4, 0.5) is 5.82 Å². The highest BCUT2D eigenvalue weighted by molar-refractivity contribution is 5.71. The molecule has 1 aromatic heterocycles. The Morgan fingerprint density at radius 2 is 2.42 bits per heavy atom. The van der Waals surface area contributed by atoms with E-state index in [2.05, 4.69) is 9.97 Å². The predicted molar refractivity (Wildman–Crippen MR) is 70.2 cm³/mol. The molecule has 2 rings (SSSR count). The molecule has 0 amide bonds. The van der Waals surface area contributed by atoms with E-state index in [-0.39, 0.29) is 5.92 Å². The first kappa shape index (κ1) is 13.7. The lowest BCUT2D eigenvalue weighted by Gasteiger charge is -2.31. The maximum absolute atomic E-state index is 11.1. The van der Waals surface area contributed by atoms with Crippen molar-refractivity contribution in [3.8, 4) is 0 Å². The molecule has 0 bridgehead atoms. The summed E-state index contributed by atoms with van der Waals surface area (Å²) in [6, 6.07) is 1.92. The summed E-state index contributed by atoms with van der Waals surface area (Å²) in [4.78, 5) is 21.5. The summed E-state index contributed by atoms with van der Waals surface area (Å²) in [6.07, 6.45) is 3.90. The van der Waals surface area contributed by atoms with E-state index in [0.29, 0.717) is 13.2 Å². The first-order valence-electron chi connectivity index (χ1n) is 6.48. The van der Waals surface area contributed by atoms with Crippen LogP contribution in [-0.2, 0) is 16.0 Å². The lowest BCUT2D eigenvalue weighted by atomic mass is 9.98. The van der Waals surface area contributed by atoms with Crippen LogP contribution in [0.5, 0.6) is 0 Å². The summed E-state index contributed by atoms with van der Waals surface area (Å²) in [5, 5.41) is 9.10. The van der Waals surface area contributed by atoms with Gasteiger partial charge in [-0.3, -0.25) is 4.79 Å². The molecule has 1 aliphatic rings. The topological polar surface area (TPSA) is 75.5 Å². The average Bonchev–Trinajstić information content (AvgIpc) is 2.45. The van der Waals surface area contributed by atoms with E-state index in [1.165, 1.54) is 6.33 Å². The van der Waals surface area contributed by atoms with Gasteiger partial charge in [0.1, 0.15) is 12.1 Å². The maximum Gasteiger partial charge on any atom is 0.308 e. The number of aromatic nitrogens is 2. The number of hydrogen-bond donors (Lipinski definition) is 1. The zero-order valence-corrected chi connectivity index (χ0v) is 11.1. The minimum atomic E-state index is -0.724. The third kappa shape index (κ3) is 3.64. The van der Waals surface area contributed by atoms with Gasteiger partial charge in [0.25, 0.3) is 0 Å². The quantitative estimate of drug-likeness (QED) is 0.855. The maximum atomic E-state index is 11.1. The lowest BCUT2D eigenvalue weighted by Crippen LogP contribution is -2.39. The third-order valence-corrected chi connectivity index (χ3v) is 3.37. The number of hydrogen-bond acceptors (Lipinski definition) is 5. The standard InChI is InChI=1S/C13H19N3O3/c1-19-6-4-11-7-12(15-9-14-11)16-5-2-3-10(8-16)13(17)18/h7,9-10H,2-6,8H2,1H3,(H,17,18). The molecule has 6 heteroatoms. The summed E-state index contributed by atoms with van der Waals surface area (Å²) in [5.74, 6) is -0.212. The Morgan fingerprint density at radius 1 is 1.58 bits per heavy atom. The Labute approximate surface area is 112 Å². The molecule has 0 aromatic carbocycles. The molecular weight excluding hydrogens is 246 g/mol. The molecule has 1 saturated heterocycles. The molecule has 1 aliphatic heterocycles. The first-order chi connectivity index (χ1) is 9.20. The highest BCUT2D eigenvalue weighted by Gasteiger charge is 2.26. The number of ether oxygens (including phenoxy) is 1. The van der Waals surface area contributed by atoms with Gasteiger partial charge in [-0.25, -0.2) is 9.97 Å². The van der Waals surface area contributed by atoms with Gasteiger partial charge >= 0.3 is 5.97 Å². The molecule has 1 unspecified atom stereocenters. The minimum Gasteiger partial charge on any atom is -0.481 e. The van der Waals surface area contributed by atoms with Gasteiger partial charge in [-0.2, -0.15) is 0 Å². The Hall–Kier alpha value is -1.69. The van der Waals surface area contributed by atoms with Crippen LogP contribution in [0.1, 0.15) is 18.5 Å². The molecule has 104 valence electrons. The number of piperidine rings is 1. The van der Waals surface area contributed by atoms with Crippen molar-refractivity contribution in [2.75, 3.05) is 31.7 Å². The van der Waals surface area contributed by atoms with Crippen molar-refractivity contribution in [2.24, 2.45) is 5.92 Å². The number of anilines is 1. The van der Waals surface area contributed by atoms with Crippen LogP contribution in [0.15, 0.2) is 12.4 Å². The molecule has 1 atom stereocenters. The summed E-state index contributed by atoms with van der Waals surface area (Å²) in [7, 11) is 1.66.